The van der Waals surface area contributed by atoms with E-state index in [1.165, 1.54) is 0 Å². The Hall–Kier alpha value is -0.570. The Balaban J connectivity index is 3.36. The molecule has 0 bridgehead atoms. The summed E-state index contributed by atoms with van der Waals surface area (Å²) in [4.78, 5) is 11.0. The van der Waals surface area contributed by atoms with Crippen molar-refractivity contribution in [3.8, 4) is 0 Å². The fourth-order valence-electron chi connectivity index (χ4n) is 0.718. The lowest BCUT2D eigenvalue weighted by Crippen LogP contribution is -2.40. The van der Waals surface area contributed by atoms with Gasteiger partial charge in [-0.15, -0.1) is 0 Å². The summed E-state index contributed by atoms with van der Waals surface area (Å²) >= 11 is 0. The van der Waals surface area contributed by atoms with Crippen molar-refractivity contribution in [2.75, 3.05) is 0 Å². The highest BCUT2D eigenvalue weighted by Crippen LogP contribution is 1.93. The predicted molar refractivity (Wildman–Crippen MR) is 45.9 cm³/mol. The number of rotatable bonds is 5. The van der Waals surface area contributed by atoms with Crippen LogP contribution in [0.5, 0.6) is 0 Å². The molecule has 3 heteroatoms. The van der Waals surface area contributed by atoms with Crippen LogP contribution in [0.2, 0.25) is 0 Å². The van der Waals surface area contributed by atoms with E-state index >= 15 is 0 Å². The summed E-state index contributed by atoms with van der Waals surface area (Å²) in [5.41, 5.74) is 5.51. The second-order valence-corrected chi connectivity index (χ2v) is 2.69. The van der Waals surface area contributed by atoms with Crippen LogP contribution < -0.4 is 11.1 Å². The molecule has 0 saturated heterocycles. The van der Waals surface area contributed by atoms with Gasteiger partial charge in [-0.25, -0.2) is 0 Å². The number of carbonyl (C=O) groups is 1. The van der Waals surface area contributed by atoms with Crippen LogP contribution in [0.3, 0.4) is 0 Å². The van der Waals surface area contributed by atoms with Crippen molar-refractivity contribution in [1.82, 2.24) is 5.32 Å². The van der Waals surface area contributed by atoms with Crippen LogP contribution in [0.4, 0.5) is 0 Å². The largest absolute Gasteiger partial charge is 0.341 e. The van der Waals surface area contributed by atoms with E-state index in [0.717, 1.165) is 19.3 Å². The number of nitrogens with two attached hydrogens (primary N) is 1. The van der Waals surface area contributed by atoms with Gasteiger partial charge in [0, 0.05) is 6.42 Å². The average Bonchev–Trinajstić information content (AvgIpc) is 2.00. The maximum atomic E-state index is 11.0. The Bertz CT molecular complexity index is 115. The molecule has 1 atom stereocenters. The van der Waals surface area contributed by atoms with Crippen molar-refractivity contribution < 1.29 is 4.79 Å². The van der Waals surface area contributed by atoms with Crippen LogP contribution in [0.1, 0.15) is 39.5 Å². The Morgan fingerprint density at radius 2 is 2.18 bits per heavy atom. The minimum Gasteiger partial charge on any atom is -0.341 e. The molecule has 0 aromatic carbocycles. The van der Waals surface area contributed by atoms with Crippen molar-refractivity contribution in [1.29, 1.82) is 0 Å². The van der Waals surface area contributed by atoms with Crippen molar-refractivity contribution in [3.05, 3.63) is 0 Å². The van der Waals surface area contributed by atoms with E-state index in [9.17, 15) is 4.79 Å². The van der Waals surface area contributed by atoms with Crippen LogP contribution >= 0.6 is 0 Å². The van der Waals surface area contributed by atoms with Crippen LogP contribution in [0.15, 0.2) is 0 Å². The quantitative estimate of drug-likeness (QED) is 0.586. The summed E-state index contributed by atoms with van der Waals surface area (Å²) in [6.07, 6.45) is 3.22. The molecule has 0 radical (unpaired) electrons. The molecule has 0 heterocycles. The van der Waals surface area contributed by atoms with Gasteiger partial charge in [-0.3, -0.25) is 4.79 Å². The van der Waals surface area contributed by atoms with E-state index in [1.54, 1.807) is 0 Å². The Morgan fingerprint density at radius 1 is 1.55 bits per heavy atom. The maximum absolute atomic E-state index is 11.0. The normalized spacial score (nSPS) is 12.6. The summed E-state index contributed by atoms with van der Waals surface area (Å²) in [5.74, 6) is 0.0706. The van der Waals surface area contributed by atoms with Gasteiger partial charge in [-0.1, -0.05) is 20.3 Å². The molecule has 0 aliphatic carbocycles. The van der Waals surface area contributed by atoms with Crippen molar-refractivity contribution in [2.45, 2.75) is 45.7 Å². The van der Waals surface area contributed by atoms with Crippen LogP contribution in [-0.4, -0.2) is 12.1 Å². The van der Waals surface area contributed by atoms with Crippen LogP contribution in [-0.2, 0) is 4.79 Å². The van der Waals surface area contributed by atoms with Crippen molar-refractivity contribution in [2.24, 2.45) is 5.73 Å². The van der Waals surface area contributed by atoms with Crippen molar-refractivity contribution >= 4 is 5.91 Å². The number of nitrogens with one attached hydrogen (secondary N) is 1. The molecule has 1 unspecified atom stereocenters. The van der Waals surface area contributed by atoms with E-state index in [1.807, 2.05) is 6.92 Å². The van der Waals surface area contributed by atoms with E-state index < -0.39 is 0 Å². The molecular formula is C8H18N2O. The average molecular weight is 158 g/mol. The summed E-state index contributed by atoms with van der Waals surface area (Å²) in [7, 11) is 0. The van der Waals surface area contributed by atoms with Crippen molar-refractivity contribution in [3.63, 3.8) is 0 Å². The van der Waals surface area contributed by atoms with Gasteiger partial charge in [0.1, 0.15) is 0 Å². The fourth-order valence-corrected chi connectivity index (χ4v) is 0.718. The fraction of sp³-hybridized carbons (Fsp3) is 0.875. The zero-order valence-corrected chi connectivity index (χ0v) is 7.39. The lowest BCUT2D eigenvalue weighted by Gasteiger charge is -2.10. The monoisotopic (exact) mass is 158 g/mol. The molecule has 0 saturated carbocycles. The molecule has 1 amide bonds. The van der Waals surface area contributed by atoms with Gasteiger partial charge in [0.05, 0.1) is 6.17 Å². The highest BCUT2D eigenvalue weighted by Gasteiger charge is 2.03. The first-order valence-corrected chi connectivity index (χ1v) is 4.25. The van der Waals surface area contributed by atoms with E-state index in [0.29, 0.717) is 6.42 Å². The molecule has 0 aliphatic heterocycles. The first kappa shape index (κ1) is 10.4. The molecule has 0 aromatic heterocycles. The second-order valence-electron chi connectivity index (χ2n) is 2.69. The SMILES string of the molecule is CCCCC(=O)NC(N)CC. The van der Waals surface area contributed by atoms with Gasteiger partial charge in [0.2, 0.25) is 5.91 Å². The number of hydrogen-bond donors (Lipinski definition) is 2. The van der Waals surface area contributed by atoms with Gasteiger partial charge < -0.3 is 11.1 Å². The number of amides is 1. The summed E-state index contributed by atoms with van der Waals surface area (Å²) in [5, 5.41) is 2.70. The maximum Gasteiger partial charge on any atom is 0.221 e. The highest BCUT2D eigenvalue weighted by molar-refractivity contribution is 5.76. The third-order valence-corrected chi connectivity index (χ3v) is 1.54. The van der Waals surface area contributed by atoms with Gasteiger partial charge >= 0.3 is 0 Å². The lowest BCUT2D eigenvalue weighted by atomic mass is 10.2. The third-order valence-electron chi connectivity index (χ3n) is 1.54. The molecular weight excluding hydrogens is 140 g/mol. The third kappa shape index (κ3) is 5.85. The zero-order valence-electron chi connectivity index (χ0n) is 7.39. The first-order chi connectivity index (χ1) is 5.20. The Kier molecular flexibility index (Phi) is 5.84. The molecule has 0 spiro atoms. The van der Waals surface area contributed by atoms with E-state index in [2.05, 4.69) is 12.2 Å². The standard InChI is InChI=1S/C8H18N2O/c1-3-5-6-8(11)10-7(9)4-2/h7H,3-6,9H2,1-2H3,(H,10,11). The molecule has 0 rings (SSSR count). The molecule has 3 nitrogen and oxygen atoms in total. The number of hydrogen-bond acceptors (Lipinski definition) is 2. The van der Waals surface area contributed by atoms with Crippen LogP contribution in [0.25, 0.3) is 0 Å². The van der Waals surface area contributed by atoms with E-state index in [4.69, 9.17) is 5.73 Å². The molecule has 0 aliphatic rings. The molecule has 0 fully saturated rings. The molecule has 0 aromatic rings. The molecule has 11 heavy (non-hydrogen) atoms. The Labute approximate surface area is 68.3 Å². The molecule has 66 valence electrons. The minimum absolute atomic E-state index is 0.0706. The predicted octanol–water partition coefficient (Wildman–Crippen LogP) is 0.988. The minimum atomic E-state index is -0.167. The van der Waals surface area contributed by atoms with Gasteiger partial charge in [0.25, 0.3) is 0 Å². The smallest absolute Gasteiger partial charge is 0.221 e. The summed E-state index contributed by atoms with van der Waals surface area (Å²) in [6, 6.07) is 0. The zero-order chi connectivity index (χ0) is 8.69. The van der Waals surface area contributed by atoms with E-state index in [-0.39, 0.29) is 12.1 Å². The Morgan fingerprint density at radius 3 is 2.64 bits per heavy atom. The second kappa shape index (κ2) is 6.16. The molecule has 3 N–H and O–H groups in total. The summed E-state index contributed by atoms with van der Waals surface area (Å²) < 4.78 is 0. The van der Waals surface area contributed by atoms with Gasteiger partial charge in [-0.05, 0) is 12.8 Å². The van der Waals surface area contributed by atoms with Crippen LogP contribution in [0, 0.1) is 0 Å². The van der Waals surface area contributed by atoms with Gasteiger partial charge in [0.15, 0.2) is 0 Å². The topological polar surface area (TPSA) is 55.1 Å². The lowest BCUT2D eigenvalue weighted by molar-refractivity contribution is -0.121. The first-order valence-electron chi connectivity index (χ1n) is 4.25. The number of unbranched alkanes of at least 4 members (excludes halogenated alkanes) is 1. The number of carbonyl (C=O) groups excluding carboxylic acids is 1. The van der Waals surface area contributed by atoms with Gasteiger partial charge in [-0.2, -0.15) is 0 Å². The highest BCUT2D eigenvalue weighted by atomic mass is 16.1. The summed E-state index contributed by atoms with van der Waals surface area (Å²) in [6.45, 7) is 4.01.